The van der Waals surface area contributed by atoms with Crippen molar-refractivity contribution < 1.29 is 14.7 Å². The van der Waals surface area contributed by atoms with E-state index in [2.05, 4.69) is 0 Å². The second kappa shape index (κ2) is 5.30. The van der Waals surface area contributed by atoms with Crippen LogP contribution >= 0.6 is 0 Å². The first-order valence-corrected chi connectivity index (χ1v) is 5.00. The van der Waals surface area contributed by atoms with Gasteiger partial charge in [-0.2, -0.15) is 0 Å². The van der Waals surface area contributed by atoms with Crippen LogP contribution < -0.4 is 0 Å². The summed E-state index contributed by atoms with van der Waals surface area (Å²) in [6.07, 6.45) is 0.229. The van der Waals surface area contributed by atoms with Crippen LogP contribution in [0.25, 0.3) is 0 Å². The van der Waals surface area contributed by atoms with Gasteiger partial charge in [0, 0.05) is 14.1 Å². The van der Waals surface area contributed by atoms with Crippen LogP contribution in [0.1, 0.15) is 5.56 Å². The van der Waals surface area contributed by atoms with E-state index in [1.807, 2.05) is 30.3 Å². The van der Waals surface area contributed by atoms with Crippen LogP contribution in [0, 0.1) is 5.92 Å². The van der Waals surface area contributed by atoms with Crippen LogP contribution in [0.5, 0.6) is 0 Å². The summed E-state index contributed by atoms with van der Waals surface area (Å²) in [6.45, 7) is 0. The lowest BCUT2D eigenvalue weighted by Gasteiger charge is -2.16. The van der Waals surface area contributed by atoms with Crippen molar-refractivity contribution >= 4 is 11.9 Å². The third-order valence-electron chi connectivity index (χ3n) is 2.32. The number of hydrogen-bond acceptors (Lipinski definition) is 2. The number of rotatable bonds is 4. The van der Waals surface area contributed by atoms with Crippen molar-refractivity contribution in [2.75, 3.05) is 14.1 Å². The van der Waals surface area contributed by atoms with Gasteiger partial charge in [0.25, 0.3) is 0 Å². The highest BCUT2D eigenvalue weighted by Crippen LogP contribution is 2.11. The fourth-order valence-electron chi connectivity index (χ4n) is 1.44. The van der Waals surface area contributed by atoms with Crippen molar-refractivity contribution in [2.45, 2.75) is 6.42 Å². The highest BCUT2D eigenvalue weighted by molar-refractivity contribution is 5.97. The Morgan fingerprint density at radius 2 is 1.81 bits per heavy atom. The highest BCUT2D eigenvalue weighted by atomic mass is 16.4. The molecule has 4 nitrogen and oxygen atoms in total. The molecule has 0 aliphatic heterocycles. The fourth-order valence-corrected chi connectivity index (χ4v) is 1.44. The van der Waals surface area contributed by atoms with Crippen molar-refractivity contribution in [2.24, 2.45) is 5.92 Å². The number of carboxylic acid groups (broad SMARTS) is 1. The molecular formula is C12H15NO3. The standard InChI is InChI=1S/C12H15NO3/c1-13(2)11(14)10(12(15)16)8-9-6-4-3-5-7-9/h3-7,10H,8H2,1-2H3,(H,15,16). The maximum atomic E-state index is 11.6. The highest BCUT2D eigenvalue weighted by Gasteiger charge is 2.27. The third-order valence-corrected chi connectivity index (χ3v) is 2.32. The van der Waals surface area contributed by atoms with E-state index >= 15 is 0 Å². The fraction of sp³-hybridized carbons (Fsp3) is 0.333. The largest absolute Gasteiger partial charge is 0.481 e. The zero-order valence-electron chi connectivity index (χ0n) is 9.38. The molecule has 0 aromatic heterocycles. The normalized spacial score (nSPS) is 11.9. The van der Waals surface area contributed by atoms with Gasteiger partial charge in [-0.05, 0) is 12.0 Å². The van der Waals surface area contributed by atoms with Gasteiger partial charge >= 0.3 is 5.97 Å². The molecule has 0 saturated heterocycles. The molecule has 0 bridgehead atoms. The summed E-state index contributed by atoms with van der Waals surface area (Å²) >= 11 is 0. The number of hydrogen-bond donors (Lipinski definition) is 1. The number of carboxylic acids is 1. The summed E-state index contributed by atoms with van der Waals surface area (Å²) in [5.41, 5.74) is 0.852. The molecule has 1 atom stereocenters. The molecule has 1 unspecified atom stereocenters. The van der Waals surface area contributed by atoms with E-state index < -0.39 is 11.9 Å². The third kappa shape index (κ3) is 3.08. The van der Waals surface area contributed by atoms with E-state index in [4.69, 9.17) is 5.11 Å². The van der Waals surface area contributed by atoms with E-state index in [-0.39, 0.29) is 12.3 Å². The van der Waals surface area contributed by atoms with Crippen molar-refractivity contribution in [3.63, 3.8) is 0 Å². The molecule has 0 radical (unpaired) electrons. The first-order chi connectivity index (χ1) is 7.52. The molecule has 1 amide bonds. The Morgan fingerprint density at radius 1 is 1.25 bits per heavy atom. The van der Waals surface area contributed by atoms with Gasteiger partial charge in [0.05, 0.1) is 0 Å². The average Bonchev–Trinajstić information content (AvgIpc) is 2.26. The van der Waals surface area contributed by atoms with Gasteiger partial charge in [0.1, 0.15) is 5.92 Å². The number of benzene rings is 1. The van der Waals surface area contributed by atoms with Crippen molar-refractivity contribution in [3.8, 4) is 0 Å². The monoisotopic (exact) mass is 221 g/mol. The van der Waals surface area contributed by atoms with Crippen LogP contribution in [0.15, 0.2) is 30.3 Å². The molecule has 1 N–H and O–H groups in total. The Bertz CT molecular complexity index is 373. The second-order valence-electron chi connectivity index (χ2n) is 3.81. The molecule has 1 aromatic carbocycles. The van der Waals surface area contributed by atoms with Gasteiger partial charge in [-0.3, -0.25) is 9.59 Å². The predicted octanol–water partition coefficient (Wildman–Crippen LogP) is 1.02. The molecule has 16 heavy (non-hydrogen) atoms. The average molecular weight is 221 g/mol. The Morgan fingerprint density at radius 3 is 2.25 bits per heavy atom. The molecular weight excluding hydrogens is 206 g/mol. The van der Waals surface area contributed by atoms with E-state index in [1.54, 1.807) is 14.1 Å². The van der Waals surface area contributed by atoms with Gasteiger partial charge in [0.15, 0.2) is 0 Å². The molecule has 0 aliphatic rings. The maximum Gasteiger partial charge on any atom is 0.316 e. The first kappa shape index (κ1) is 12.2. The minimum Gasteiger partial charge on any atom is -0.481 e. The number of amides is 1. The molecule has 1 aromatic rings. The van der Waals surface area contributed by atoms with Crippen molar-refractivity contribution in [1.29, 1.82) is 0 Å². The van der Waals surface area contributed by atoms with Crippen LogP contribution in [0.2, 0.25) is 0 Å². The molecule has 4 heteroatoms. The van der Waals surface area contributed by atoms with Crippen LogP contribution in [0.3, 0.4) is 0 Å². The van der Waals surface area contributed by atoms with Gasteiger partial charge < -0.3 is 10.0 Å². The van der Waals surface area contributed by atoms with Gasteiger partial charge in [-0.15, -0.1) is 0 Å². The molecule has 0 heterocycles. The summed E-state index contributed by atoms with van der Waals surface area (Å²) < 4.78 is 0. The summed E-state index contributed by atoms with van der Waals surface area (Å²) in [4.78, 5) is 23.9. The van der Waals surface area contributed by atoms with E-state index in [9.17, 15) is 9.59 Å². The minimum atomic E-state index is -1.08. The van der Waals surface area contributed by atoms with E-state index in [0.29, 0.717) is 0 Å². The summed E-state index contributed by atoms with van der Waals surface area (Å²) in [6, 6.07) is 9.15. The van der Waals surface area contributed by atoms with Gasteiger partial charge in [0.2, 0.25) is 5.91 Å². The van der Waals surface area contributed by atoms with Crippen molar-refractivity contribution in [1.82, 2.24) is 4.90 Å². The zero-order valence-corrected chi connectivity index (χ0v) is 9.38. The van der Waals surface area contributed by atoms with Gasteiger partial charge in [-0.25, -0.2) is 0 Å². The molecule has 0 saturated carbocycles. The van der Waals surface area contributed by atoms with Crippen LogP contribution in [0.4, 0.5) is 0 Å². The lowest BCUT2D eigenvalue weighted by Crippen LogP contribution is -2.35. The Labute approximate surface area is 94.5 Å². The van der Waals surface area contributed by atoms with E-state index in [0.717, 1.165) is 5.56 Å². The van der Waals surface area contributed by atoms with Crippen LogP contribution in [-0.4, -0.2) is 36.0 Å². The lowest BCUT2D eigenvalue weighted by molar-refractivity contribution is -0.150. The molecule has 1 rings (SSSR count). The summed E-state index contributed by atoms with van der Waals surface area (Å²) in [5, 5.41) is 9.01. The van der Waals surface area contributed by atoms with Crippen LogP contribution in [-0.2, 0) is 16.0 Å². The SMILES string of the molecule is CN(C)C(=O)C(Cc1ccccc1)C(=O)O. The molecule has 0 spiro atoms. The van der Waals surface area contributed by atoms with E-state index in [1.165, 1.54) is 4.90 Å². The smallest absolute Gasteiger partial charge is 0.316 e. The molecule has 0 fully saturated rings. The molecule has 86 valence electrons. The summed E-state index contributed by atoms with van der Waals surface area (Å²) in [7, 11) is 3.12. The van der Waals surface area contributed by atoms with Gasteiger partial charge in [-0.1, -0.05) is 30.3 Å². The Kier molecular flexibility index (Phi) is 4.05. The number of carbonyl (C=O) groups excluding carboxylic acids is 1. The summed E-state index contributed by atoms with van der Waals surface area (Å²) in [5.74, 6) is -2.46. The number of carbonyl (C=O) groups is 2. The van der Waals surface area contributed by atoms with Crippen molar-refractivity contribution in [3.05, 3.63) is 35.9 Å². The Balaban J connectivity index is 2.81. The topological polar surface area (TPSA) is 57.6 Å². The maximum absolute atomic E-state index is 11.6. The Hall–Kier alpha value is -1.84. The zero-order chi connectivity index (χ0) is 12.1. The predicted molar refractivity (Wildman–Crippen MR) is 60.0 cm³/mol. The first-order valence-electron chi connectivity index (χ1n) is 5.00. The lowest BCUT2D eigenvalue weighted by atomic mass is 9.98. The quantitative estimate of drug-likeness (QED) is 0.772. The number of aliphatic carboxylic acids is 1. The number of nitrogens with zero attached hydrogens (tertiary/aromatic N) is 1. The molecule has 0 aliphatic carbocycles. The second-order valence-corrected chi connectivity index (χ2v) is 3.81. The minimum absolute atomic E-state index is 0.229.